The number of rotatable bonds is 6. The molecule has 25 heavy (non-hydrogen) atoms. The Kier molecular flexibility index (Phi) is 5.69. The van der Waals surface area contributed by atoms with Crippen molar-refractivity contribution in [2.45, 2.75) is 0 Å². The van der Waals surface area contributed by atoms with Gasteiger partial charge in [-0.2, -0.15) is 0 Å². The first kappa shape index (κ1) is 17.0. The molecule has 1 fully saturated rings. The van der Waals surface area contributed by atoms with Crippen LogP contribution < -0.4 is 15.0 Å². The number of hydrogen-bond acceptors (Lipinski definition) is 4. The number of ether oxygens (including phenoxy) is 2. The third kappa shape index (κ3) is 4.61. The molecular weight excluding hydrogens is 316 g/mol. The Labute approximate surface area is 147 Å². The van der Waals surface area contributed by atoms with Gasteiger partial charge in [0.2, 0.25) is 0 Å². The number of hydrogen-bond donors (Lipinski definition) is 1. The van der Waals surface area contributed by atoms with E-state index < -0.39 is 0 Å². The van der Waals surface area contributed by atoms with Crippen molar-refractivity contribution in [3.63, 3.8) is 0 Å². The van der Waals surface area contributed by atoms with Crippen LogP contribution in [-0.2, 0) is 4.74 Å². The van der Waals surface area contributed by atoms with Crippen molar-refractivity contribution in [3.8, 4) is 5.75 Å². The third-order valence-electron chi connectivity index (χ3n) is 3.97. The number of carbonyl (C=O) groups excluding carboxylic acids is 1. The highest BCUT2D eigenvalue weighted by molar-refractivity contribution is 6.04. The Bertz CT molecular complexity index is 722. The minimum Gasteiger partial charge on any atom is -0.489 e. The monoisotopic (exact) mass is 338 g/mol. The third-order valence-corrected chi connectivity index (χ3v) is 3.97. The molecule has 0 spiro atoms. The summed E-state index contributed by atoms with van der Waals surface area (Å²) in [6, 6.07) is 15.0. The standard InChI is InChI=1S/C20H22N2O3/c1-2-12-25-19-5-3-4-17(15-19)21-20(23)16-6-8-18(9-7-16)22-10-13-24-14-11-22/h2-9,15H,1,10-14H2,(H,21,23). The van der Waals surface area contributed by atoms with Crippen LogP contribution >= 0.6 is 0 Å². The zero-order valence-corrected chi connectivity index (χ0v) is 14.1. The maximum Gasteiger partial charge on any atom is 0.255 e. The molecule has 2 aromatic rings. The zero-order chi connectivity index (χ0) is 17.5. The van der Waals surface area contributed by atoms with Crippen LogP contribution in [0.1, 0.15) is 10.4 Å². The van der Waals surface area contributed by atoms with E-state index in [0.29, 0.717) is 23.6 Å². The first-order valence-corrected chi connectivity index (χ1v) is 8.34. The van der Waals surface area contributed by atoms with Gasteiger partial charge < -0.3 is 19.7 Å². The highest BCUT2D eigenvalue weighted by Gasteiger charge is 2.12. The molecule has 0 radical (unpaired) electrons. The van der Waals surface area contributed by atoms with Gasteiger partial charge in [-0.1, -0.05) is 18.7 Å². The van der Waals surface area contributed by atoms with Crippen molar-refractivity contribution in [1.29, 1.82) is 0 Å². The van der Waals surface area contributed by atoms with E-state index in [9.17, 15) is 4.79 Å². The summed E-state index contributed by atoms with van der Waals surface area (Å²) in [5, 5.41) is 2.90. The second kappa shape index (κ2) is 8.35. The van der Waals surface area contributed by atoms with Crippen LogP contribution in [0.25, 0.3) is 0 Å². The molecule has 130 valence electrons. The summed E-state index contributed by atoms with van der Waals surface area (Å²) < 4.78 is 10.8. The molecule has 0 bridgehead atoms. The summed E-state index contributed by atoms with van der Waals surface area (Å²) in [7, 11) is 0. The predicted octanol–water partition coefficient (Wildman–Crippen LogP) is 3.34. The number of carbonyl (C=O) groups is 1. The molecule has 0 unspecified atom stereocenters. The normalized spacial score (nSPS) is 14.0. The molecule has 2 aromatic carbocycles. The maximum atomic E-state index is 12.4. The van der Waals surface area contributed by atoms with Gasteiger partial charge in [0.05, 0.1) is 13.2 Å². The molecule has 3 rings (SSSR count). The second-order valence-electron chi connectivity index (χ2n) is 5.73. The minimum atomic E-state index is -0.144. The first-order valence-electron chi connectivity index (χ1n) is 8.34. The molecule has 0 aromatic heterocycles. The average Bonchev–Trinajstić information content (AvgIpc) is 2.67. The fraction of sp³-hybridized carbons (Fsp3) is 0.250. The topological polar surface area (TPSA) is 50.8 Å². The molecule has 1 amide bonds. The van der Waals surface area contributed by atoms with Crippen molar-refractivity contribution in [2.75, 3.05) is 43.1 Å². The molecule has 1 aliphatic heterocycles. The molecule has 0 aliphatic carbocycles. The van der Waals surface area contributed by atoms with Crippen molar-refractivity contribution < 1.29 is 14.3 Å². The van der Waals surface area contributed by atoms with Gasteiger partial charge in [0.25, 0.3) is 5.91 Å². The highest BCUT2D eigenvalue weighted by atomic mass is 16.5. The van der Waals surface area contributed by atoms with Crippen LogP contribution in [0.3, 0.4) is 0 Å². The Morgan fingerprint density at radius 3 is 2.68 bits per heavy atom. The van der Waals surface area contributed by atoms with Crippen LogP contribution in [0, 0.1) is 0 Å². The largest absolute Gasteiger partial charge is 0.489 e. The smallest absolute Gasteiger partial charge is 0.255 e. The van der Waals surface area contributed by atoms with E-state index in [-0.39, 0.29) is 5.91 Å². The summed E-state index contributed by atoms with van der Waals surface area (Å²) >= 11 is 0. The number of morpholine rings is 1. The van der Waals surface area contributed by atoms with Crippen LogP contribution in [0.15, 0.2) is 61.2 Å². The van der Waals surface area contributed by atoms with E-state index in [4.69, 9.17) is 9.47 Å². The molecule has 1 aliphatic rings. The van der Waals surface area contributed by atoms with E-state index in [1.165, 1.54) is 0 Å². The van der Waals surface area contributed by atoms with E-state index in [1.807, 2.05) is 42.5 Å². The quantitative estimate of drug-likeness (QED) is 0.821. The van der Waals surface area contributed by atoms with E-state index in [0.717, 1.165) is 32.0 Å². The lowest BCUT2D eigenvalue weighted by molar-refractivity contribution is 0.102. The summed E-state index contributed by atoms with van der Waals surface area (Å²) in [5.74, 6) is 0.551. The van der Waals surface area contributed by atoms with E-state index in [1.54, 1.807) is 12.1 Å². The van der Waals surface area contributed by atoms with E-state index >= 15 is 0 Å². The Morgan fingerprint density at radius 1 is 1.20 bits per heavy atom. The van der Waals surface area contributed by atoms with Gasteiger partial charge in [0.1, 0.15) is 12.4 Å². The summed E-state index contributed by atoms with van der Waals surface area (Å²) in [6.07, 6.45) is 1.68. The van der Waals surface area contributed by atoms with Gasteiger partial charge in [-0.15, -0.1) is 0 Å². The fourth-order valence-electron chi connectivity index (χ4n) is 2.67. The second-order valence-corrected chi connectivity index (χ2v) is 5.73. The predicted molar refractivity (Wildman–Crippen MR) is 99.6 cm³/mol. The number of nitrogens with zero attached hydrogens (tertiary/aromatic N) is 1. The van der Waals surface area contributed by atoms with Crippen LogP contribution in [0.4, 0.5) is 11.4 Å². The van der Waals surface area contributed by atoms with Gasteiger partial charge in [-0.3, -0.25) is 4.79 Å². The molecule has 0 saturated carbocycles. The highest BCUT2D eigenvalue weighted by Crippen LogP contribution is 2.20. The van der Waals surface area contributed by atoms with Gasteiger partial charge in [-0.05, 0) is 36.4 Å². The van der Waals surface area contributed by atoms with Crippen molar-refractivity contribution in [2.24, 2.45) is 0 Å². The number of benzene rings is 2. The summed E-state index contributed by atoms with van der Waals surface area (Å²) in [6.45, 7) is 7.29. The van der Waals surface area contributed by atoms with Crippen LogP contribution in [0.2, 0.25) is 0 Å². The fourth-order valence-corrected chi connectivity index (χ4v) is 2.67. The van der Waals surface area contributed by atoms with Crippen molar-refractivity contribution >= 4 is 17.3 Å². The SMILES string of the molecule is C=CCOc1cccc(NC(=O)c2ccc(N3CCOCC3)cc2)c1. The van der Waals surface area contributed by atoms with E-state index in [2.05, 4.69) is 16.8 Å². The number of nitrogens with one attached hydrogen (secondary N) is 1. The molecule has 1 saturated heterocycles. The first-order chi connectivity index (χ1) is 12.3. The Morgan fingerprint density at radius 2 is 1.96 bits per heavy atom. The molecule has 1 N–H and O–H groups in total. The van der Waals surface area contributed by atoms with Crippen LogP contribution in [-0.4, -0.2) is 38.8 Å². The lowest BCUT2D eigenvalue weighted by atomic mass is 10.1. The molecule has 5 nitrogen and oxygen atoms in total. The lowest BCUT2D eigenvalue weighted by Gasteiger charge is -2.28. The molecule has 0 atom stereocenters. The van der Waals surface area contributed by atoms with Crippen molar-refractivity contribution in [1.82, 2.24) is 0 Å². The zero-order valence-electron chi connectivity index (χ0n) is 14.1. The van der Waals surface area contributed by atoms with Gasteiger partial charge in [0, 0.05) is 36.1 Å². The Balaban J connectivity index is 1.63. The van der Waals surface area contributed by atoms with Crippen molar-refractivity contribution in [3.05, 3.63) is 66.7 Å². The Hall–Kier alpha value is -2.79. The maximum absolute atomic E-state index is 12.4. The van der Waals surface area contributed by atoms with Gasteiger partial charge in [-0.25, -0.2) is 0 Å². The van der Waals surface area contributed by atoms with Gasteiger partial charge >= 0.3 is 0 Å². The van der Waals surface area contributed by atoms with Gasteiger partial charge in [0.15, 0.2) is 0 Å². The summed E-state index contributed by atoms with van der Waals surface area (Å²) in [4.78, 5) is 14.7. The lowest BCUT2D eigenvalue weighted by Crippen LogP contribution is -2.36. The number of amides is 1. The molecular formula is C20H22N2O3. The summed E-state index contributed by atoms with van der Waals surface area (Å²) in [5.41, 5.74) is 2.43. The molecule has 5 heteroatoms. The van der Waals surface area contributed by atoms with Crippen LogP contribution in [0.5, 0.6) is 5.75 Å². The average molecular weight is 338 g/mol. The minimum absolute atomic E-state index is 0.144. The molecule has 1 heterocycles. The number of anilines is 2.